The van der Waals surface area contributed by atoms with E-state index in [0.717, 1.165) is 5.69 Å². The Bertz CT molecular complexity index is 1530. The van der Waals surface area contributed by atoms with Gasteiger partial charge in [-0.2, -0.15) is 0 Å². The van der Waals surface area contributed by atoms with Gasteiger partial charge in [-0.15, -0.1) is 0 Å². The first-order valence-corrected chi connectivity index (χ1v) is 13.8. The van der Waals surface area contributed by atoms with Crippen molar-refractivity contribution in [3.63, 3.8) is 0 Å². The Hall–Kier alpha value is -4.44. The van der Waals surface area contributed by atoms with Crippen LogP contribution in [0.4, 0.5) is 0 Å². The molecule has 11 heteroatoms. The van der Waals surface area contributed by atoms with Crippen LogP contribution < -0.4 is 15.4 Å². The number of benzene rings is 1. The molecule has 0 saturated carbocycles. The molecule has 3 amide bonds. The van der Waals surface area contributed by atoms with Crippen LogP contribution >= 0.6 is 11.6 Å². The molecular formula is C30H30ClN5O5. The first kappa shape index (κ1) is 28.1. The number of carbonyl (C=O) groups excluding carboxylic acids is 3. The highest BCUT2D eigenvalue weighted by Gasteiger charge is 2.27. The van der Waals surface area contributed by atoms with E-state index in [1.165, 1.54) is 0 Å². The number of aryl methyl sites for hydroxylation is 1. The maximum Gasteiger partial charge on any atom is 0.287 e. The fourth-order valence-electron chi connectivity index (χ4n) is 4.67. The molecule has 1 saturated heterocycles. The van der Waals surface area contributed by atoms with Gasteiger partial charge in [-0.1, -0.05) is 23.7 Å². The maximum atomic E-state index is 13.2. The first-order chi connectivity index (χ1) is 19.8. The number of amides is 3. The van der Waals surface area contributed by atoms with E-state index in [4.69, 9.17) is 20.8 Å². The molecule has 5 rings (SSSR count). The zero-order chi connectivity index (χ0) is 28.8. The summed E-state index contributed by atoms with van der Waals surface area (Å²) >= 11 is 6.04. The maximum absolute atomic E-state index is 13.2. The van der Waals surface area contributed by atoms with Crippen molar-refractivity contribution in [3.05, 3.63) is 89.0 Å². The molecule has 0 bridgehead atoms. The van der Waals surface area contributed by atoms with Crippen molar-refractivity contribution in [3.8, 4) is 5.88 Å². The van der Waals surface area contributed by atoms with Crippen LogP contribution in [0.2, 0.25) is 5.02 Å². The number of carbonyl (C=O) groups is 3. The molecule has 1 atom stereocenters. The molecule has 1 aliphatic rings. The van der Waals surface area contributed by atoms with Gasteiger partial charge in [0.15, 0.2) is 5.76 Å². The van der Waals surface area contributed by atoms with Crippen LogP contribution in [-0.2, 0) is 16.0 Å². The van der Waals surface area contributed by atoms with E-state index in [1.807, 2.05) is 25.1 Å². The van der Waals surface area contributed by atoms with Crippen LogP contribution in [0.1, 0.15) is 34.8 Å². The van der Waals surface area contributed by atoms with Crippen LogP contribution in [0.5, 0.6) is 5.88 Å². The molecule has 1 aliphatic heterocycles. The number of ether oxygens (including phenoxy) is 1. The SMILES string of the molecule is Cc1cccc(OC2CCN(C(=O)CNC(=O)[C@H](Cc3ccccn3)NC(=O)c3cc4cc(Cl)ccc4o3)CC2)n1. The predicted molar refractivity (Wildman–Crippen MR) is 153 cm³/mol. The molecule has 3 aromatic heterocycles. The number of nitrogens with zero attached hydrogens (tertiary/aromatic N) is 3. The third kappa shape index (κ3) is 7.40. The number of halogens is 1. The van der Waals surface area contributed by atoms with E-state index in [1.54, 1.807) is 53.6 Å². The van der Waals surface area contributed by atoms with Gasteiger partial charge >= 0.3 is 0 Å². The van der Waals surface area contributed by atoms with Crippen LogP contribution in [0.3, 0.4) is 0 Å². The minimum atomic E-state index is -0.983. The summed E-state index contributed by atoms with van der Waals surface area (Å²) in [6, 6.07) is 16.6. The van der Waals surface area contributed by atoms with E-state index in [0.29, 0.717) is 53.5 Å². The van der Waals surface area contributed by atoms with Crippen molar-refractivity contribution < 1.29 is 23.5 Å². The summed E-state index contributed by atoms with van der Waals surface area (Å²) in [5.74, 6) is -0.648. The van der Waals surface area contributed by atoms with E-state index in [-0.39, 0.29) is 30.7 Å². The predicted octanol–water partition coefficient (Wildman–Crippen LogP) is 3.71. The van der Waals surface area contributed by atoms with Crippen molar-refractivity contribution in [2.75, 3.05) is 19.6 Å². The molecule has 4 heterocycles. The molecule has 4 aromatic rings. The van der Waals surface area contributed by atoms with Crippen LogP contribution in [0.15, 0.2) is 71.3 Å². The molecule has 10 nitrogen and oxygen atoms in total. The van der Waals surface area contributed by atoms with Gasteiger partial charge in [-0.3, -0.25) is 19.4 Å². The Kier molecular flexibility index (Phi) is 8.79. The number of fused-ring (bicyclic) bond motifs is 1. The molecule has 0 spiro atoms. The van der Waals surface area contributed by atoms with Gasteiger partial charge in [-0.25, -0.2) is 4.98 Å². The minimum Gasteiger partial charge on any atom is -0.474 e. The molecule has 41 heavy (non-hydrogen) atoms. The number of piperidine rings is 1. The molecule has 0 aliphatic carbocycles. The van der Waals surface area contributed by atoms with Crippen molar-refractivity contribution in [1.82, 2.24) is 25.5 Å². The summed E-state index contributed by atoms with van der Waals surface area (Å²) in [5, 5.41) is 6.60. The number of furan rings is 1. The summed E-state index contributed by atoms with van der Waals surface area (Å²) in [5.41, 5.74) is 1.99. The Morgan fingerprint density at radius 1 is 1.10 bits per heavy atom. The van der Waals surface area contributed by atoms with Gasteiger partial charge in [0.1, 0.15) is 17.7 Å². The average Bonchev–Trinajstić information content (AvgIpc) is 3.40. The Morgan fingerprint density at radius 2 is 1.93 bits per heavy atom. The highest BCUT2D eigenvalue weighted by molar-refractivity contribution is 6.31. The van der Waals surface area contributed by atoms with Gasteiger partial charge in [0.2, 0.25) is 17.7 Å². The van der Waals surface area contributed by atoms with E-state index < -0.39 is 17.9 Å². The summed E-state index contributed by atoms with van der Waals surface area (Å²) in [7, 11) is 0. The first-order valence-electron chi connectivity index (χ1n) is 13.4. The van der Waals surface area contributed by atoms with Gasteiger partial charge in [-0.05, 0) is 49.4 Å². The average molecular weight is 576 g/mol. The second kappa shape index (κ2) is 12.8. The molecule has 212 valence electrons. The molecule has 0 unspecified atom stereocenters. The van der Waals surface area contributed by atoms with Crippen LogP contribution in [0.25, 0.3) is 11.0 Å². The topological polar surface area (TPSA) is 127 Å². The normalized spacial score (nSPS) is 14.4. The standard InChI is InChI=1S/C30H30ClN5O5/c1-19-5-4-7-27(34-19)40-23-10-13-36(14-11-23)28(37)18-33-29(38)24(17-22-6-2-3-12-32-22)35-30(39)26-16-20-15-21(31)8-9-25(20)41-26/h2-9,12,15-16,23-24H,10-11,13-14,17-18H2,1H3,(H,33,38)(H,35,39)/t24-/m0/s1. The van der Waals surface area contributed by atoms with Crippen LogP contribution in [-0.4, -0.2) is 64.4 Å². The van der Waals surface area contributed by atoms with Crippen molar-refractivity contribution in [2.45, 2.75) is 38.3 Å². The minimum absolute atomic E-state index is 0.0322. The lowest BCUT2D eigenvalue weighted by Gasteiger charge is -2.32. The Labute approximate surface area is 242 Å². The van der Waals surface area contributed by atoms with Crippen LogP contribution in [0, 0.1) is 6.92 Å². The number of likely N-dealkylation sites (tertiary alicyclic amines) is 1. The quantitative estimate of drug-likeness (QED) is 0.311. The molecule has 0 radical (unpaired) electrons. The Balaban J connectivity index is 1.17. The van der Waals surface area contributed by atoms with Crippen molar-refractivity contribution in [2.24, 2.45) is 0 Å². The van der Waals surface area contributed by atoms with E-state index >= 15 is 0 Å². The summed E-state index contributed by atoms with van der Waals surface area (Å²) < 4.78 is 11.6. The highest BCUT2D eigenvalue weighted by Crippen LogP contribution is 2.23. The van der Waals surface area contributed by atoms with Gasteiger partial charge in [0, 0.05) is 66.4 Å². The highest BCUT2D eigenvalue weighted by atomic mass is 35.5. The molecule has 1 fully saturated rings. The second-order valence-corrected chi connectivity index (χ2v) is 10.3. The van der Waals surface area contributed by atoms with E-state index in [2.05, 4.69) is 20.6 Å². The largest absolute Gasteiger partial charge is 0.474 e. The van der Waals surface area contributed by atoms with E-state index in [9.17, 15) is 14.4 Å². The van der Waals surface area contributed by atoms with Crippen molar-refractivity contribution in [1.29, 1.82) is 0 Å². The van der Waals surface area contributed by atoms with Crippen molar-refractivity contribution >= 4 is 40.3 Å². The third-order valence-electron chi connectivity index (χ3n) is 6.82. The smallest absolute Gasteiger partial charge is 0.287 e. The number of hydrogen-bond donors (Lipinski definition) is 2. The summed E-state index contributed by atoms with van der Waals surface area (Å²) in [6.45, 7) is 2.73. The number of pyridine rings is 2. The lowest BCUT2D eigenvalue weighted by Crippen LogP contribution is -2.51. The van der Waals surface area contributed by atoms with Gasteiger partial charge in [0.25, 0.3) is 5.91 Å². The zero-order valence-corrected chi connectivity index (χ0v) is 23.3. The molecule has 1 aromatic carbocycles. The fraction of sp³-hybridized carbons (Fsp3) is 0.300. The summed E-state index contributed by atoms with van der Waals surface area (Å²) in [6.07, 6.45) is 3.04. The number of nitrogens with one attached hydrogen (secondary N) is 2. The lowest BCUT2D eigenvalue weighted by atomic mass is 10.1. The second-order valence-electron chi connectivity index (χ2n) is 9.88. The Morgan fingerprint density at radius 3 is 2.68 bits per heavy atom. The lowest BCUT2D eigenvalue weighted by molar-refractivity contribution is -0.134. The van der Waals surface area contributed by atoms with Gasteiger partial charge in [0.05, 0.1) is 6.54 Å². The third-order valence-corrected chi connectivity index (χ3v) is 7.06. The number of hydrogen-bond acceptors (Lipinski definition) is 7. The number of aromatic nitrogens is 2. The molecular weight excluding hydrogens is 546 g/mol. The summed E-state index contributed by atoms with van der Waals surface area (Å²) in [4.78, 5) is 49.5. The fourth-order valence-corrected chi connectivity index (χ4v) is 4.85. The van der Waals surface area contributed by atoms with Gasteiger partial charge < -0.3 is 24.7 Å². The zero-order valence-electron chi connectivity index (χ0n) is 22.5. The molecule has 2 N–H and O–H groups in total. The number of rotatable bonds is 9. The monoisotopic (exact) mass is 575 g/mol.